The summed E-state index contributed by atoms with van der Waals surface area (Å²) in [6.45, 7) is 6.16. The third-order valence-corrected chi connectivity index (χ3v) is 3.60. The number of azo groups is 1. The molecule has 24 heavy (non-hydrogen) atoms. The lowest BCUT2D eigenvalue weighted by molar-refractivity contribution is 0.0697. The predicted octanol–water partition coefficient (Wildman–Crippen LogP) is 4.75. The SMILES string of the molecule is CC(C)(C)c1nc2ccccn2c1N=Nc1ccccc1C(=O)O. The summed E-state index contributed by atoms with van der Waals surface area (Å²) in [5, 5.41) is 17.8. The minimum absolute atomic E-state index is 0.118. The van der Waals surface area contributed by atoms with Gasteiger partial charge in [-0.3, -0.25) is 4.40 Å². The van der Waals surface area contributed by atoms with Crippen LogP contribution in [0, 0.1) is 0 Å². The van der Waals surface area contributed by atoms with Crippen LogP contribution in [0.25, 0.3) is 5.65 Å². The molecule has 0 bridgehead atoms. The Hall–Kier alpha value is -3.02. The zero-order valence-corrected chi connectivity index (χ0v) is 13.8. The maximum atomic E-state index is 11.3. The number of hydrogen-bond donors (Lipinski definition) is 1. The van der Waals surface area contributed by atoms with E-state index in [1.807, 2.05) is 28.8 Å². The molecule has 6 heteroatoms. The van der Waals surface area contributed by atoms with Gasteiger partial charge in [0.1, 0.15) is 11.3 Å². The number of benzene rings is 1. The van der Waals surface area contributed by atoms with Gasteiger partial charge in [0.15, 0.2) is 5.82 Å². The van der Waals surface area contributed by atoms with Crippen molar-refractivity contribution in [2.75, 3.05) is 0 Å². The van der Waals surface area contributed by atoms with Gasteiger partial charge in [0.2, 0.25) is 0 Å². The van der Waals surface area contributed by atoms with Crippen molar-refractivity contribution in [3.63, 3.8) is 0 Å². The first kappa shape index (κ1) is 15.9. The molecular formula is C18H18N4O2. The summed E-state index contributed by atoms with van der Waals surface area (Å²) in [5.74, 6) is -0.419. The van der Waals surface area contributed by atoms with E-state index in [2.05, 4.69) is 36.0 Å². The molecule has 1 aromatic carbocycles. The Morgan fingerprint density at radius 3 is 2.50 bits per heavy atom. The van der Waals surface area contributed by atoms with Crippen molar-refractivity contribution >= 4 is 23.1 Å². The molecule has 0 amide bonds. The Kier molecular flexibility index (Phi) is 3.89. The van der Waals surface area contributed by atoms with Gasteiger partial charge in [-0.2, -0.15) is 0 Å². The molecule has 0 atom stereocenters. The Bertz CT molecular complexity index is 936. The number of nitrogens with zero attached hydrogens (tertiary/aromatic N) is 4. The third-order valence-electron chi connectivity index (χ3n) is 3.60. The monoisotopic (exact) mass is 322 g/mol. The van der Waals surface area contributed by atoms with Gasteiger partial charge in [0.05, 0.1) is 11.3 Å². The maximum absolute atomic E-state index is 11.3. The molecule has 122 valence electrons. The first-order valence-corrected chi connectivity index (χ1v) is 7.59. The van der Waals surface area contributed by atoms with Crippen LogP contribution in [0.2, 0.25) is 0 Å². The van der Waals surface area contributed by atoms with Crippen LogP contribution in [0.15, 0.2) is 58.9 Å². The highest BCUT2D eigenvalue weighted by atomic mass is 16.4. The molecule has 2 heterocycles. The molecule has 3 aromatic rings. The number of hydrogen-bond acceptors (Lipinski definition) is 4. The molecule has 0 spiro atoms. The van der Waals surface area contributed by atoms with E-state index in [0.29, 0.717) is 11.5 Å². The molecule has 3 rings (SSSR count). The molecule has 1 N–H and O–H groups in total. The molecule has 0 aliphatic rings. The third kappa shape index (κ3) is 2.90. The number of pyridine rings is 1. The Morgan fingerprint density at radius 1 is 1.08 bits per heavy atom. The van der Waals surface area contributed by atoms with Crippen LogP contribution < -0.4 is 0 Å². The zero-order valence-electron chi connectivity index (χ0n) is 13.8. The Balaban J connectivity index is 2.15. The normalized spacial score (nSPS) is 12.1. The summed E-state index contributed by atoms with van der Waals surface area (Å²) in [7, 11) is 0. The summed E-state index contributed by atoms with van der Waals surface area (Å²) in [6.07, 6.45) is 1.87. The van der Waals surface area contributed by atoms with E-state index in [1.54, 1.807) is 18.2 Å². The maximum Gasteiger partial charge on any atom is 0.337 e. The van der Waals surface area contributed by atoms with E-state index in [1.165, 1.54) is 6.07 Å². The first-order chi connectivity index (χ1) is 11.4. The van der Waals surface area contributed by atoms with Crippen LogP contribution in [0.4, 0.5) is 11.5 Å². The lowest BCUT2D eigenvalue weighted by Crippen LogP contribution is -2.11. The Morgan fingerprint density at radius 2 is 1.79 bits per heavy atom. The average Bonchev–Trinajstić information content (AvgIpc) is 2.92. The van der Waals surface area contributed by atoms with Crippen LogP contribution >= 0.6 is 0 Å². The largest absolute Gasteiger partial charge is 0.478 e. The molecular weight excluding hydrogens is 304 g/mol. The van der Waals surface area contributed by atoms with Gasteiger partial charge >= 0.3 is 5.97 Å². The van der Waals surface area contributed by atoms with Gasteiger partial charge in [-0.1, -0.05) is 39.0 Å². The van der Waals surface area contributed by atoms with Crippen LogP contribution in [-0.4, -0.2) is 20.5 Å². The van der Waals surface area contributed by atoms with Gasteiger partial charge in [-0.25, -0.2) is 9.78 Å². The minimum atomic E-state index is -1.03. The standard InChI is InChI=1S/C18H18N4O2/c1-18(2,3)15-16(22-11-7-6-10-14(22)19-15)21-20-13-9-5-4-8-12(13)17(23)24/h4-11H,1-3H3,(H,23,24). The predicted molar refractivity (Wildman–Crippen MR) is 91.5 cm³/mol. The minimum Gasteiger partial charge on any atom is -0.478 e. The van der Waals surface area contributed by atoms with Gasteiger partial charge in [-0.15, -0.1) is 10.2 Å². The summed E-state index contributed by atoms with van der Waals surface area (Å²) in [6, 6.07) is 12.3. The zero-order chi connectivity index (χ0) is 17.3. The van der Waals surface area contributed by atoms with Crippen LogP contribution in [-0.2, 0) is 5.41 Å². The van der Waals surface area contributed by atoms with E-state index < -0.39 is 5.97 Å². The van der Waals surface area contributed by atoms with Crippen LogP contribution in [0.1, 0.15) is 36.8 Å². The Labute approximate surface area is 139 Å². The molecule has 0 aliphatic carbocycles. The van der Waals surface area contributed by atoms with Gasteiger partial charge in [0, 0.05) is 11.6 Å². The fourth-order valence-corrected chi connectivity index (χ4v) is 2.42. The fourth-order valence-electron chi connectivity index (χ4n) is 2.42. The van der Waals surface area contributed by atoms with Crippen LogP contribution in [0.3, 0.4) is 0 Å². The van der Waals surface area contributed by atoms with Crippen molar-refractivity contribution in [1.29, 1.82) is 0 Å². The molecule has 0 aliphatic heterocycles. The van der Waals surface area contributed by atoms with Crippen molar-refractivity contribution in [2.24, 2.45) is 10.2 Å². The van der Waals surface area contributed by atoms with Gasteiger partial charge < -0.3 is 5.11 Å². The van der Waals surface area contributed by atoms with Crippen molar-refractivity contribution in [2.45, 2.75) is 26.2 Å². The van der Waals surface area contributed by atoms with Crippen molar-refractivity contribution in [3.05, 3.63) is 59.9 Å². The number of carboxylic acids is 1. The van der Waals surface area contributed by atoms with Crippen molar-refractivity contribution in [3.8, 4) is 0 Å². The second-order valence-corrected chi connectivity index (χ2v) is 6.49. The summed E-state index contributed by atoms with van der Waals surface area (Å²) < 4.78 is 1.85. The van der Waals surface area contributed by atoms with Gasteiger partial charge in [-0.05, 0) is 24.3 Å². The highest BCUT2D eigenvalue weighted by Crippen LogP contribution is 2.33. The number of aromatic carboxylic acids is 1. The molecule has 0 saturated heterocycles. The quantitative estimate of drug-likeness (QED) is 0.707. The molecule has 0 fully saturated rings. The molecule has 2 aromatic heterocycles. The highest BCUT2D eigenvalue weighted by Gasteiger charge is 2.24. The highest BCUT2D eigenvalue weighted by molar-refractivity contribution is 5.93. The molecule has 6 nitrogen and oxygen atoms in total. The number of fused-ring (bicyclic) bond motifs is 1. The lowest BCUT2D eigenvalue weighted by Gasteiger charge is -2.15. The summed E-state index contributed by atoms with van der Waals surface area (Å²) >= 11 is 0. The van der Waals surface area contributed by atoms with Gasteiger partial charge in [0.25, 0.3) is 0 Å². The topological polar surface area (TPSA) is 79.3 Å². The smallest absolute Gasteiger partial charge is 0.337 e. The van der Waals surface area contributed by atoms with E-state index in [0.717, 1.165) is 11.3 Å². The molecule has 0 radical (unpaired) electrons. The van der Waals surface area contributed by atoms with E-state index in [9.17, 15) is 9.90 Å². The molecule has 0 unspecified atom stereocenters. The molecule has 0 saturated carbocycles. The number of carboxylic acid groups (broad SMARTS) is 1. The van der Waals surface area contributed by atoms with E-state index in [4.69, 9.17) is 0 Å². The number of aromatic nitrogens is 2. The summed E-state index contributed by atoms with van der Waals surface area (Å²) in [5.41, 5.74) is 1.81. The van der Waals surface area contributed by atoms with Crippen LogP contribution in [0.5, 0.6) is 0 Å². The number of carbonyl (C=O) groups is 1. The van der Waals surface area contributed by atoms with E-state index in [-0.39, 0.29) is 11.0 Å². The van der Waals surface area contributed by atoms with Crippen molar-refractivity contribution < 1.29 is 9.90 Å². The first-order valence-electron chi connectivity index (χ1n) is 7.59. The second kappa shape index (κ2) is 5.88. The number of rotatable bonds is 3. The van der Waals surface area contributed by atoms with E-state index >= 15 is 0 Å². The fraction of sp³-hybridized carbons (Fsp3) is 0.222. The second-order valence-electron chi connectivity index (χ2n) is 6.49. The number of imidazole rings is 1. The summed E-state index contributed by atoms with van der Waals surface area (Å²) in [4.78, 5) is 15.9. The van der Waals surface area contributed by atoms with Crippen molar-refractivity contribution in [1.82, 2.24) is 9.38 Å². The lowest BCUT2D eigenvalue weighted by atomic mass is 9.92. The average molecular weight is 322 g/mol.